The lowest BCUT2D eigenvalue weighted by Crippen LogP contribution is -2.23. The molecule has 19 heavy (non-hydrogen) atoms. The molecule has 2 aromatic carbocycles. The molecule has 0 saturated carbocycles. The Labute approximate surface area is 121 Å². The van der Waals surface area contributed by atoms with Gasteiger partial charge in [0.25, 0.3) is 0 Å². The van der Waals surface area contributed by atoms with Crippen molar-refractivity contribution in [1.82, 2.24) is 0 Å². The quantitative estimate of drug-likeness (QED) is 0.797. The van der Waals surface area contributed by atoms with Crippen LogP contribution in [0.5, 0.6) is 0 Å². The van der Waals surface area contributed by atoms with Gasteiger partial charge in [0.15, 0.2) is 0 Å². The van der Waals surface area contributed by atoms with Crippen molar-refractivity contribution in [3.8, 4) is 0 Å². The number of aliphatic hydroxyl groups is 1. The van der Waals surface area contributed by atoms with Gasteiger partial charge in [0.1, 0.15) is 11.4 Å². The summed E-state index contributed by atoms with van der Waals surface area (Å²) in [7, 11) is 0. The maximum Gasteiger partial charge on any atom is 0.142 e. The molecule has 0 aliphatic heterocycles. The lowest BCUT2D eigenvalue weighted by atomic mass is 9.87. The fraction of sp³-hybridized carbons (Fsp3) is 0.200. The molecule has 1 N–H and O–H groups in total. The van der Waals surface area contributed by atoms with Gasteiger partial charge in [0.2, 0.25) is 0 Å². The highest BCUT2D eigenvalue weighted by Gasteiger charge is 2.29. The van der Waals surface area contributed by atoms with Crippen molar-refractivity contribution >= 4 is 23.2 Å². The first-order chi connectivity index (χ1) is 8.82. The van der Waals surface area contributed by atoms with Crippen LogP contribution in [0.1, 0.15) is 23.6 Å². The molecule has 2 aromatic rings. The van der Waals surface area contributed by atoms with Gasteiger partial charge >= 0.3 is 0 Å². The SMILES string of the molecule is Cc1cccc(C(C)(O)c2cc(F)c(Cl)cc2Cl)c1. The van der Waals surface area contributed by atoms with Crippen LogP contribution in [0.3, 0.4) is 0 Å². The van der Waals surface area contributed by atoms with Crippen LogP contribution in [0.2, 0.25) is 10.0 Å². The molecule has 2 rings (SSSR count). The summed E-state index contributed by atoms with van der Waals surface area (Å²) in [5.74, 6) is -0.603. The second-order valence-electron chi connectivity index (χ2n) is 4.69. The van der Waals surface area contributed by atoms with E-state index in [9.17, 15) is 9.50 Å². The Hall–Kier alpha value is -1.09. The summed E-state index contributed by atoms with van der Waals surface area (Å²) in [5, 5.41) is 10.9. The lowest BCUT2D eigenvalue weighted by Gasteiger charge is -2.26. The molecule has 4 heteroatoms. The standard InChI is InChI=1S/C15H13Cl2FO/c1-9-4-3-5-10(6-9)15(2,19)11-7-14(18)13(17)8-12(11)16/h3-8,19H,1-2H3. The van der Waals surface area contributed by atoms with Gasteiger partial charge in [0.05, 0.1) is 5.02 Å². The van der Waals surface area contributed by atoms with E-state index < -0.39 is 11.4 Å². The van der Waals surface area contributed by atoms with Gasteiger partial charge in [-0.15, -0.1) is 0 Å². The van der Waals surface area contributed by atoms with Gasteiger partial charge in [-0.3, -0.25) is 0 Å². The number of rotatable bonds is 2. The van der Waals surface area contributed by atoms with E-state index in [1.165, 1.54) is 12.1 Å². The maximum atomic E-state index is 13.6. The monoisotopic (exact) mass is 298 g/mol. The number of hydrogen-bond donors (Lipinski definition) is 1. The normalized spacial score (nSPS) is 14.2. The van der Waals surface area contributed by atoms with Gasteiger partial charge in [-0.2, -0.15) is 0 Å². The summed E-state index contributed by atoms with van der Waals surface area (Å²) >= 11 is 11.7. The summed E-state index contributed by atoms with van der Waals surface area (Å²) in [5.41, 5.74) is 0.565. The molecule has 0 radical (unpaired) electrons. The number of benzene rings is 2. The molecule has 1 unspecified atom stereocenters. The van der Waals surface area contributed by atoms with E-state index in [2.05, 4.69) is 0 Å². The predicted octanol–water partition coefficient (Wildman–Crippen LogP) is 4.70. The van der Waals surface area contributed by atoms with Crippen LogP contribution in [0.4, 0.5) is 4.39 Å². The van der Waals surface area contributed by atoms with Crippen LogP contribution in [0.25, 0.3) is 0 Å². The third-order valence-electron chi connectivity index (χ3n) is 3.11. The van der Waals surface area contributed by atoms with Crippen molar-refractivity contribution in [3.05, 3.63) is 69.0 Å². The van der Waals surface area contributed by atoms with Crippen molar-refractivity contribution < 1.29 is 9.50 Å². The number of aryl methyl sites for hydroxylation is 1. The summed E-state index contributed by atoms with van der Waals surface area (Å²) in [4.78, 5) is 0. The molecule has 0 aliphatic carbocycles. The van der Waals surface area contributed by atoms with Gasteiger partial charge in [0, 0.05) is 10.6 Å². The lowest BCUT2D eigenvalue weighted by molar-refractivity contribution is 0.102. The first kappa shape index (κ1) is 14.3. The van der Waals surface area contributed by atoms with Crippen LogP contribution in [0.15, 0.2) is 36.4 Å². The summed E-state index contributed by atoms with van der Waals surface area (Å²) < 4.78 is 13.6. The smallest absolute Gasteiger partial charge is 0.142 e. The summed E-state index contributed by atoms with van der Waals surface area (Å²) in [6, 6.07) is 9.84. The van der Waals surface area contributed by atoms with Crippen LogP contribution in [-0.2, 0) is 5.60 Å². The second kappa shape index (κ2) is 5.12. The Kier molecular flexibility index (Phi) is 3.86. The molecule has 1 nitrogen and oxygen atoms in total. The Morgan fingerprint density at radius 1 is 1.11 bits per heavy atom. The van der Waals surface area contributed by atoms with E-state index in [0.717, 1.165) is 5.56 Å². The highest BCUT2D eigenvalue weighted by Crippen LogP contribution is 2.36. The molecule has 0 heterocycles. The molecular weight excluding hydrogens is 286 g/mol. The average Bonchev–Trinajstić information content (AvgIpc) is 2.33. The maximum absolute atomic E-state index is 13.6. The highest BCUT2D eigenvalue weighted by molar-refractivity contribution is 6.35. The molecule has 0 bridgehead atoms. The first-order valence-electron chi connectivity index (χ1n) is 5.77. The molecule has 1 atom stereocenters. The zero-order valence-corrected chi connectivity index (χ0v) is 12.1. The van der Waals surface area contributed by atoms with Crippen LogP contribution in [-0.4, -0.2) is 5.11 Å². The van der Waals surface area contributed by atoms with Crippen LogP contribution in [0, 0.1) is 12.7 Å². The van der Waals surface area contributed by atoms with E-state index in [-0.39, 0.29) is 10.0 Å². The minimum Gasteiger partial charge on any atom is -0.381 e. The van der Waals surface area contributed by atoms with Gasteiger partial charge in [-0.1, -0.05) is 53.0 Å². The zero-order valence-electron chi connectivity index (χ0n) is 10.5. The van der Waals surface area contributed by atoms with E-state index in [4.69, 9.17) is 23.2 Å². The molecule has 0 aromatic heterocycles. The largest absolute Gasteiger partial charge is 0.381 e. The highest BCUT2D eigenvalue weighted by atomic mass is 35.5. The van der Waals surface area contributed by atoms with Gasteiger partial charge in [-0.25, -0.2) is 4.39 Å². The van der Waals surface area contributed by atoms with Crippen LogP contribution >= 0.6 is 23.2 Å². The van der Waals surface area contributed by atoms with Crippen molar-refractivity contribution in [1.29, 1.82) is 0 Å². The fourth-order valence-electron chi connectivity index (χ4n) is 2.00. The van der Waals surface area contributed by atoms with Crippen molar-refractivity contribution in [2.75, 3.05) is 0 Å². The van der Waals surface area contributed by atoms with E-state index >= 15 is 0 Å². The fourth-order valence-corrected chi connectivity index (χ4v) is 2.57. The van der Waals surface area contributed by atoms with Gasteiger partial charge < -0.3 is 5.11 Å². The summed E-state index contributed by atoms with van der Waals surface area (Å²) in [6.45, 7) is 3.50. The molecule has 100 valence electrons. The van der Waals surface area contributed by atoms with Crippen molar-refractivity contribution in [2.45, 2.75) is 19.4 Å². The number of hydrogen-bond acceptors (Lipinski definition) is 1. The minimum atomic E-state index is -1.38. The Balaban J connectivity index is 2.59. The topological polar surface area (TPSA) is 20.2 Å². The molecular formula is C15H13Cl2FO. The Morgan fingerprint density at radius 3 is 2.42 bits per heavy atom. The molecule has 0 amide bonds. The molecule has 0 aliphatic rings. The average molecular weight is 299 g/mol. The van der Waals surface area contributed by atoms with Gasteiger partial charge in [-0.05, 0) is 31.5 Å². The Bertz CT molecular complexity index is 624. The third-order valence-corrected chi connectivity index (χ3v) is 3.72. The van der Waals surface area contributed by atoms with Crippen molar-refractivity contribution in [2.24, 2.45) is 0 Å². The van der Waals surface area contributed by atoms with Crippen LogP contribution < -0.4 is 0 Å². The summed E-state index contributed by atoms with van der Waals surface area (Å²) in [6.07, 6.45) is 0. The number of halogens is 3. The third kappa shape index (κ3) is 2.76. The minimum absolute atomic E-state index is 0.0613. The Morgan fingerprint density at radius 2 is 1.79 bits per heavy atom. The molecule has 0 fully saturated rings. The zero-order chi connectivity index (χ0) is 14.2. The predicted molar refractivity (Wildman–Crippen MR) is 76.3 cm³/mol. The van der Waals surface area contributed by atoms with E-state index in [0.29, 0.717) is 11.1 Å². The van der Waals surface area contributed by atoms with E-state index in [1.54, 1.807) is 13.0 Å². The van der Waals surface area contributed by atoms with Crippen molar-refractivity contribution in [3.63, 3.8) is 0 Å². The molecule has 0 spiro atoms. The van der Waals surface area contributed by atoms with E-state index in [1.807, 2.05) is 25.1 Å². The second-order valence-corrected chi connectivity index (χ2v) is 5.50. The molecule has 0 saturated heterocycles. The first-order valence-corrected chi connectivity index (χ1v) is 6.52.